The van der Waals surface area contributed by atoms with Gasteiger partial charge < -0.3 is 4.65 Å². The monoisotopic (exact) mass is 466 g/mol. The molecule has 0 N–H and O–H groups in total. The van der Waals surface area contributed by atoms with Gasteiger partial charge in [0.1, 0.15) is 11.3 Å². The van der Waals surface area contributed by atoms with Gasteiger partial charge >= 0.3 is 6.92 Å². The first-order valence-corrected chi connectivity index (χ1v) is 11.8. The lowest BCUT2D eigenvalue weighted by Gasteiger charge is -2.23. The molecule has 35 heavy (non-hydrogen) atoms. The number of hydrogen-bond donors (Lipinski definition) is 0. The molecular weight excluding hydrogens is 435 g/mol. The number of fused-ring (bicyclic) bond motifs is 1. The van der Waals surface area contributed by atoms with Crippen molar-refractivity contribution in [3.8, 4) is 5.75 Å². The number of benzene rings is 3. The molecule has 5 nitrogen and oxygen atoms in total. The molecule has 6 heteroatoms. The maximum Gasteiger partial charge on any atom is 0.426 e. The highest BCUT2D eigenvalue weighted by molar-refractivity contribution is 6.80. The Balaban J connectivity index is 1.81. The van der Waals surface area contributed by atoms with Crippen molar-refractivity contribution < 1.29 is 9.58 Å². The Kier molecular flexibility index (Phi) is 6.41. The lowest BCUT2D eigenvalue weighted by Crippen LogP contribution is -2.47. The van der Waals surface area contributed by atoms with Gasteiger partial charge in [-0.2, -0.15) is 0 Å². The van der Waals surface area contributed by atoms with E-state index in [1.54, 1.807) is 24.4 Å². The summed E-state index contributed by atoms with van der Waals surface area (Å²) in [5.41, 5.74) is 5.07. The van der Waals surface area contributed by atoms with Gasteiger partial charge in [-0.15, -0.1) is 0 Å². The van der Waals surface area contributed by atoms with Crippen molar-refractivity contribution in [2.75, 3.05) is 0 Å². The predicted molar refractivity (Wildman–Crippen MR) is 144 cm³/mol. The fourth-order valence-electron chi connectivity index (χ4n) is 4.16. The van der Waals surface area contributed by atoms with Gasteiger partial charge in [-0.3, -0.25) is 15.1 Å². The molecule has 0 atom stereocenters. The van der Waals surface area contributed by atoms with Gasteiger partial charge in [0.25, 0.3) is 5.69 Å². The van der Waals surface area contributed by atoms with Crippen LogP contribution >= 0.6 is 0 Å². The third-order valence-electron chi connectivity index (χ3n) is 6.31. The molecule has 1 aromatic heterocycles. The Morgan fingerprint density at radius 2 is 1.29 bits per heavy atom. The zero-order valence-corrected chi connectivity index (χ0v) is 21.2. The van der Waals surface area contributed by atoms with Gasteiger partial charge in [-0.25, -0.2) is 0 Å². The van der Waals surface area contributed by atoms with E-state index in [0.29, 0.717) is 16.7 Å². The first-order valence-electron chi connectivity index (χ1n) is 11.8. The number of pyridine rings is 1. The molecule has 178 valence electrons. The largest absolute Gasteiger partial charge is 0.550 e. The minimum Gasteiger partial charge on any atom is -0.550 e. The van der Waals surface area contributed by atoms with Crippen LogP contribution in [0.3, 0.4) is 0 Å². The Hall–Kier alpha value is -3.67. The number of nitrogens with zero attached hydrogens (tertiary/aromatic N) is 2. The molecule has 1 heterocycles. The average molecular weight is 466 g/mol. The van der Waals surface area contributed by atoms with E-state index >= 15 is 0 Å². The molecule has 0 aliphatic heterocycles. The molecule has 0 saturated carbocycles. The summed E-state index contributed by atoms with van der Waals surface area (Å²) in [4.78, 5) is 15.6. The van der Waals surface area contributed by atoms with Crippen LogP contribution in [0.1, 0.15) is 52.7 Å². The Morgan fingerprint density at radius 1 is 0.771 bits per heavy atom. The van der Waals surface area contributed by atoms with Gasteiger partial charge in [0.2, 0.25) is 0 Å². The number of aromatic nitrogens is 1. The smallest absolute Gasteiger partial charge is 0.426 e. The quantitative estimate of drug-likeness (QED) is 0.208. The highest BCUT2D eigenvalue weighted by atomic mass is 16.6. The van der Waals surface area contributed by atoms with E-state index in [2.05, 4.69) is 95.1 Å². The number of nitro groups is 1. The fourth-order valence-corrected chi connectivity index (χ4v) is 4.16. The minimum absolute atomic E-state index is 0.0149. The maximum absolute atomic E-state index is 11.6. The van der Waals surface area contributed by atoms with E-state index in [-0.39, 0.29) is 21.4 Å². The van der Waals surface area contributed by atoms with Gasteiger partial charge in [0.05, 0.1) is 10.3 Å². The summed E-state index contributed by atoms with van der Waals surface area (Å²) < 4.78 is 6.60. The second-order valence-corrected chi connectivity index (χ2v) is 11.0. The van der Waals surface area contributed by atoms with E-state index in [1.165, 1.54) is 17.2 Å². The third kappa shape index (κ3) is 5.22. The van der Waals surface area contributed by atoms with Crippen LogP contribution in [0, 0.1) is 10.1 Å². The summed E-state index contributed by atoms with van der Waals surface area (Å²) in [6.45, 7) is 12.7. The summed E-state index contributed by atoms with van der Waals surface area (Å²) in [7, 11) is 0. The lowest BCUT2D eigenvalue weighted by atomic mass is 9.55. The molecule has 4 aromatic rings. The summed E-state index contributed by atoms with van der Waals surface area (Å²) >= 11 is 0. The number of nitro benzene ring substituents is 1. The van der Waals surface area contributed by atoms with Gasteiger partial charge in [-0.1, -0.05) is 90.1 Å². The number of non-ortho nitro benzene ring substituents is 1. The molecule has 0 fully saturated rings. The minimum atomic E-state index is -0.398. The lowest BCUT2D eigenvalue weighted by molar-refractivity contribution is -0.383. The SMILES string of the molecule is CC(C)(C)c1ccc(B(Oc2ccc([N+](=O)[O-])c3cccnc23)c2ccc(C(C)(C)C)cc2)cc1. The summed E-state index contributed by atoms with van der Waals surface area (Å²) in [5, 5.41) is 12.0. The molecule has 0 aliphatic rings. The second kappa shape index (κ2) is 9.18. The van der Waals surface area contributed by atoms with Crippen molar-refractivity contribution in [3.05, 3.63) is 100 Å². The topological polar surface area (TPSA) is 65.3 Å². The third-order valence-corrected chi connectivity index (χ3v) is 6.31. The fraction of sp³-hybridized carbons (Fsp3) is 0.276. The standard InChI is InChI=1S/C29H31BN2O3/c1-28(2,3)20-9-13-22(14-10-20)30(23-15-11-21(12-16-23)29(4,5)6)35-26-18-17-25(32(33)34)24-8-7-19-31-27(24)26/h7-19H,1-6H3. The molecule has 3 aromatic carbocycles. The van der Waals surface area contributed by atoms with Crippen LogP contribution < -0.4 is 15.6 Å². The molecule has 0 spiro atoms. The van der Waals surface area contributed by atoms with Gasteiger partial charge in [0.15, 0.2) is 0 Å². The molecular formula is C29H31BN2O3. The molecule has 0 radical (unpaired) electrons. The Labute approximate surface area is 207 Å². The molecule has 0 amide bonds. The molecule has 4 rings (SSSR count). The number of rotatable bonds is 5. The van der Waals surface area contributed by atoms with Crippen LogP contribution in [-0.4, -0.2) is 16.8 Å². The molecule has 0 saturated heterocycles. The van der Waals surface area contributed by atoms with Crippen molar-refractivity contribution in [1.29, 1.82) is 0 Å². The highest BCUT2D eigenvalue weighted by Gasteiger charge is 2.27. The van der Waals surface area contributed by atoms with Gasteiger partial charge in [0, 0.05) is 12.3 Å². The van der Waals surface area contributed by atoms with Crippen molar-refractivity contribution >= 4 is 34.4 Å². The average Bonchev–Trinajstić information content (AvgIpc) is 2.81. The second-order valence-electron chi connectivity index (χ2n) is 11.0. The van der Waals surface area contributed by atoms with E-state index < -0.39 is 6.92 Å². The van der Waals surface area contributed by atoms with Crippen LogP contribution in [0.25, 0.3) is 10.9 Å². The van der Waals surface area contributed by atoms with Crippen LogP contribution in [0.5, 0.6) is 5.75 Å². The summed E-state index contributed by atoms with van der Waals surface area (Å²) in [5.74, 6) is 0.510. The van der Waals surface area contributed by atoms with E-state index in [0.717, 1.165) is 10.9 Å². The van der Waals surface area contributed by atoms with Crippen LogP contribution in [-0.2, 0) is 10.8 Å². The van der Waals surface area contributed by atoms with Crippen molar-refractivity contribution in [3.63, 3.8) is 0 Å². The Bertz CT molecular complexity index is 1290. The van der Waals surface area contributed by atoms with Gasteiger partial charge in [-0.05, 0) is 51.1 Å². The van der Waals surface area contributed by atoms with Crippen LogP contribution in [0.2, 0.25) is 0 Å². The van der Waals surface area contributed by atoms with Crippen LogP contribution in [0.4, 0.5) is 5.69 Å². The molecule has 0 unspecified atom stereocenters. The normalized spacial score (nSPS) is 11.9. The molecule has 0 bridgehead atoms. The first-order chi connectivity index (χ1) is 16.4. The van der Waals surface area contributed by atoms with E-state index in [9.17, 15) is 10.1 Å². The molecule has 0 aliphatic carbocycles. The van der Waals surface area contributed by atoms with Crippen molar-refractivity contribution in [2.45, 2.75) is 52.4 Å². The Morgan fingerprint density at radius 3 is 1.74 bits per heavy atom. The zero-order chi connectivity index (χ0) is 25.4. The van der Waals surface area contributed by atoms with E-state index in [4.69, 9.17) is 4.65 Å². The first kappa shape index (κ1) is 24.5. The predicted octanol–water partition coefficient (Wildman–Crippen LogP) is 5.92. The van der Waals surface area contributed by atoms with Crippen LogP contribution in [0.15, 0.2) is 79.0 Å². The highest BCUT2D eigenvalue weighted by Crippen LogP contribution is 2.31. The van der Waals surface area contributed by atoms with Crippen molar-refractivity contribution in [2.24, 2.45) is 0 Å². The van der Waals surface area contributed by atoms with E-state index in [1.807, 2.05) is 0 Å². The van der Waals surface area contributed by atoms with Crippen molar-refractivity contribution in [1.82, 2.24) is 4.98 Å². The zero-order valence-electron chi connectivity index (χ0n) is 21.2. The summed E-state index contributed by atoms with van der Waals surface area (Å²) in [6.07, 6.45) is 1.63. The number of hydrogen-bond acceptors (Lipinski definition) is 4. The maximum atomic E-state index is 11.6. The summed E-state index contributed by atoms with van der Waals surface area (Å²) in [6, 6.07) is 23.5.